The molecule has 0 spiro atoms. The van der Waals surface area contributed by atoms with Gasteiger partial charge in [0.15, 0.2) is 0 Å². The standard InChI is InChI=1S/C19H11F3N4O2/c20-19(21,22)16-7-2-1-6-13(16)14-9-17(25-18(24)15(14)10-23)11-4-3-5-12(8-11)26(27)28/h1-9H,(H2,24,25). The second-order valence-electron chi connectivity index (χ2n) is 5.78. The summed E-state index contributed by atoms with van der Waals surface area (Å²) in [5, 5.41) is 20.4. The van der Waals surface area contributed by atoms with Crippen molar-refractivity contribution in [3.8, 4) is 28.5 Å². The smallest absolute Gasteiger partial charge is 0.383 e. The molecule has 0 fully saturated rings. The molecule has 0 atom stereocenters. The molecule has 9 heteroatoms. The van der Waals surface area contributed by atoms with Crippen molar-refractivity contribution in [3.05, 3.63) is 75.8 Å². The third kappa shape index (κ3) is 3.48. The largest absolute Gasteiger partial charge is 0.417 e. The van der Waals surface area contributed by atoms with Crippen LogP contribution < -0.4 is 5.73 Å². The monoisotopic (exact) mass is 384 g/mol. The number of benzene rings is 2. The van der Waals surface area contributed by atoms with Gasteiger partial charge in [0.25, 0.3) is 5.69 Å². The number of anilines is 1. The van der Waals surface area contributed by atoms with Crippen molar-refractivity contribution in [3.63, 3.8) is 0 Å². The maximum absolute atomic E-state index is 13.4. The summed E-state index contributed by atoms with van der Waals surface area (Å²) in [6.07, 6.45) is -4.65. The number of non-ortho nitro benzene ring substituents is 1. The fraction of sp³-hybridized carbons (Fsp3) is 0.0526. The second kappa shape index (κ2) is 7.00. The molecule has 0 radical (unpaired) electrons. The van der Waals surface area contributed by atoms with E-state index in [1.165, 1.54) is 48.5 Å². The van der Waals surface area contributed by atoms with Crippen LogP contribution in [0.5, 0.6) is 0 Å². The molecule has 28 heavy (non-hydrogen) atoms. The Morgan fingerprint density at radius 2 is 1.79 bits per heavy atom. The number of nitrogens with zero attached hydrogens (tertiary/aromatic N) is 3. The minimum Gasteiger partial charge on any atom is -0.383 e. The molecule has 6 nitrogen and oxygen atoms in total. The van der Waals surface area contributed by atoms with Gasteiger partial charge in [0.1, 0.15) is 17.5 Å². The van der Waals surface area contributed by atoms with E-state index in [0.29, 0.717) is 0 Å². The van der Waals surface area contributed by atoms with Crippen molar-refractivity contribution in [1.29, 1.82) is 5.26 Å². The fourth-order valence-corrected chi connectivity index (χ4v) is 2.79. The van der Waals surface area contributed by atoms with E-state index in [-0.39, 0.29) is 39.5 Å². The fourth-order valence-electron chi connectivity index (χ4n) is 2.79. The predicted octanol–water partition coefficient (Wildman–Crippen LogP) is 4.80. The molecule has 0 aliphatic heterocycles. The Morgan fingerprint density at radius 3 is 2.43 bits per heavy atom. The zero-order valence-electron chi connectivity index (χ0n) is 14.1. The van der Waals surface area contributed by atoms with E-state index in [2.05, 4.69) is 4.98 Å². The van der Waals surface area contributed by atoms with E-state index in [4.69, 9.17) is 5.73 Å². The highest BCUT2D eigenvalue weighted by Gasteiger charge is 2.34. The van der Waals surface area contributed by atoms with E-state index in [1.54, 1.807) is 6.07 Å². The number of aromatic nitrogens is 1. The van der Waals surface area contributed by atoms with Gasteiger partial charge in [-0.2, -0.15) is 18.4 Å². The number of hydrogen-bond donors (Lipinski definition) is 1. The van der Waals surface area contributed by atoms with Gasteiger partial charge in [0.05, 0.1) is 16.2 Å². The molecule has 0 amide bonds. The van der Waals surface area contributed by atoms with Crippen LogP contribution in [0, 0.1) is 21.4 Å². The van der Waals surface area contributed by atoms with Crippen LogP contribution >= 0.6 is 0 Å². The normalized spacial score (nSPS) is 11.1. The van der Waals surface area contributed by atoms with Crippen LogP contribution in [0.4, 0.5) is 24.7 Å². The topological polar surface area (TPSA) is 106 Å². The van der Waals surface area contributed by atoms with Crippen LogP contribution in [-0.4, -0.2) is 9.91 Å². The molecule has 3 rings (SSSR count). The lowest BCUT2D eigenvalue weighted by molar-refractivity contribution is -0.384. The maximum Gasteiger partial charge on any atom is 0.417 e. The van der Waals surface area contributed by atoms with E-state index in [1.807, 2.05) is 0 Å². The lowest BCUT2D eigenvalue weighted by Gasteiger charge is -2.15. The Balaban J connectivity index is 2.29. The van der Waals surface area contributed by atoms with Crippen molar-refractivity contribution in [2.24, 2.45) is 0 Å². The predicted molar refractivity (Wildman–Crippen MR) is 95.9 cm³/mol. The van der Waals surface area contributed by atoms with Crippen LogP contribution in [0.25, 0.3) is 22.4 Å². The Kier molecular flexibility index (Phi) is 4.71. The number of hydrogen-bond acceptors (Lipinski definition) is 5. The Labute approximate surface area is 156 Å². The summed E-state index contributed by atoms with van der Waals surface area (Å²) in [5.41, 5.74) is 4.60. The number of pyridine rings is 1. The molecular weight excluding hydrogens is 373 g/mol. The van der Waals surface area contributed by atoms with Crippen LogP contribution in [0.1, 0.15) is 11.1 Å². The van der Waals surface area contributed by atoms with Crippen molar-refractivity contribution in [2.75, 3.05) is 5.73 Å². The first-order valence-corrected chi connectivity index (χ1v) is 7.84. The molecule has 2 aromatic carbocycles. The first kappa shape index (κ1) is 18.8. The molecule has 1 aromatic heterocycles. The van der Waals surface area contributed by atoms with Gasteiger partial charge in [0.2, 0.25) is 0 Å². The number of alkyl halides is 3. The molecule has 0 bridgehead atoms. The van der Waals surface area contributed by atoms with E-state index in [9.17, 15) is 28.5 Å². The first-order valence-electron chi connectivity index (χ1n) is 7.84. The van der Waals surface area contributed by atoms with Crippen molar-refractivity contribution in [2.45, 2.75) is 6.18 Å². The van der Waals surface area contributed by atoms with Crippen molar-refractivity contribution in [1.82, 2.24) is 4.98 Å². The highest BCUT2D eigenvalue weighted by Crippen LogP contribution is 2.40. The van der Waals surface area contributed by atoms with Crippen LogP contribution in [0.2, 0.25) is 0 Å². The summed E-state index contributed by atoms with van der Waals surface area (Å²) in [4.78, 5) is 14.4. The van der Waals surface area contributed by atoms with Crippen molar-refractivity contribution < 1.29 is 18.1 Å². The summed E-state index contributed by atoms with van der Waals surface area (Å²) in [7, 11) is 0. The van der Waals surface area contributed by atoms with Crippen LogP contribution in [0.15, 0.2) is 54.6 Å². The van der Waals surface area contributed by atoms with E-state index in [0.717, 1.165) is 6.07 Å². The van der Waals surface area contributed by atoms with Gasteiger partial charge >= 0.3 is 6.18 Å². The molecule has 0 aliphatic rings. The molecule has 0 saturated heterocycles. The first-order chi connectivity index (χ1) is 13.2. The minimum atomic E-state index is -4.65. The molecular formula is C19H11F3N4O2. The zero-order valence-corrected chi connectivity index (χ0v) is 14.1. The van der Waals surface area contributed by atoms with Gasteiger partial charge < -0.3 is 5.73 Å². The lowest BCUT2D eigenvalue weighted by atomic mass is 9.94. The number of halogens is 3. The Hall–Kier alpha value is -3.93. The summed E-state index contributed by atoms with van der Waals surface area (Å²) in [5.74, 6) is -0.265. The lowest BCUT2D eigenvalue weighted by Crippen LogP contribution is -2.08. The summed E-state index contributed by atoms with van der Waals surface area (Å²) < 4.78 is 40.3. The van der Waals surface area contributed by atoms with Gasteiger partial charge in [-0.05, 0) is 17.7 Å². The summed E-state index contributed by atoms with van der Waals surface area (Å²) >= 11 is 0. The maximum atomic E-state index is 13.4. The van der Waals surface area contributed by atoms with Gasteiger partial charge in [-0.1, -0.05) is 30.3 Å². The third-order valence-corrected chi connectivity index (χ3v) is 4.03. The number of nitrogen functional groups attached to an aromatic ring is 1. The highest BCUT2D eigenvalue weighted by molar-refractivity contribution is 5.82. The highest BCUT2D eigenvalue weighted by atomic mass is 19.4. The molecule has 2 N–H and O–H groups in total. The van der Waals surface area contributed by atoms with Gasteiger partial charge in [-0.15, -0.1) is 0 Å². The Morgan fingerprint density at radius 1 is 1.07 bits per heavy atom. The van der Waals surface area contributed by atoms with E-state index < -0.39 is 16.7 Å². The molecule has 140 valence electrons. The van der Waals surface area contributed by atoms with Gasteiger partial charge in [0, 0.05) is 23.3 Å². The molecule has 0 aliphatic carbocycles. The average Bonchev–Trinajstić information content (AvgIpc) is 2.66. The van der Waals surface area contributed by atoms with Gasteiger partial charge in [-0.3, -0.25) is 10.1 Å². The summed E-state index contributed by atoms with van der Waals surface area (Å²) in [6.45, 7) is 0. The minimum absolute atomic E-state index is 0.0515. The zero-order chi connectivity index (χ0) is 20.5. The van der Waals surface area contributed by atoms with Crippen LogP contribution in [0.3, 0.4) is 0 Å². The number of nitro groups is 1. The number of nitriles is 1. The number of rotatable bonds is 3. The molecule has 0 unspecified atom stereocenters. The molecule has 3 aromatic rings. The van der Waals surface area contributed by atoms with E-state index >= 15 is 0 Å². The summed E-state index contributed by atoms with van der Waals surface area (Å²) in [6, 6.07) is 13.3. The van der Waals surface area contributed by atoms with Gasteiger partial charge in [-0.25, -0.2) is 4.98 Å². The Bertz CT molecular complexity index is 1120. The molecule has 1 heterocycles. The number of nitro benzene ring substituents is 1. The quantitative estimate of drug-likeness (QED) is 0.516. The van der Waals surface area contributed by atoms with Crippen LogP contribution in [-0.2, 0) is 6.18 Å². The average molecular weight is 384 g/mol. The second-order valence-corrected chi connectivity index (χ2v) is 5.78. The third-order valence-electron chi connectivity index (χ3n) is 4.03. The van der Waals surface area contributed by atoms with Crippen molar-refractivity contribution >= 4 is 11.5 Å². The SMILES string of the molecule is N#Cc1c(-c2ccccc2C(F)(F)F)cc(-c2cccc([N+](=O)[O-])c2)nc1N. The number of nitrogens with two attached hydrogens (primary N) is 1. The molecule has 0 saturated carbocycles.